The van der Waals surface area contributed by atoms with Crippen LogP contribution in [-0.2, 0) is 0 Å². The van der Waals surface area contributed by atoms with Crippen LogP contribution in [0.3, 0.4) is 0 Å². The maximum atomic E-state index is 5.71. The van der Waals surface area contributed by atoms with Gasteiger partial charge in [-0.05, 0) is 25.2 Å². The molecule has 2 aliphatic carbocycles. The van der Waals surface area contributed by atoms with Gasteiger partial charge in [0.05, 0.1) is 6.04 Å². The Labute approximate surface area is 73.4 Å². The molecule has 0 bridgehead atoms. The third-order valence-electron chi connectivity index (χ3n) is 2.64. The maximum Gasteiger partial charge on any atom is 0.189 e. The lowest BCUT2D eigenvalue weighted by molar-refractivity contribution is 0.753. The summed E-state index contributed by atoms with van der Waals surface area (Å²) >= 11 is 0. The van der Waals surface area contributed by atoms with E-state index in [1.165, 1.54) is 25.7 Å². The molecule has 0 radical (unpaired) electrons. The molecule has 12 heavy (non-hydrogen) atoms. The van der Waals surface area contributed by atoms with E-state index in [-0.39, 0.29) is 0 Å². The van der Waals surface area contributed by atoms with Crippen LogP contribution < -0.4 is 11.1 Å². The van der Waals surface area contributed by atoms with Gasteiger partial charge >= 0.3 is 0 Å². The van der Waals surface area contributed by atoms with Crippen LogP contribution in [0.25, 0.3) is 0 Å². The molecule has 2 rings (SSSR count). The van der Waals surface area contributed by atoms with E-state index >= 15 is 0 Å². The van der Waals surface area contributed by atoms with Gasteiger partial charge in [0.15, 0.2) is 5.96 Å². The second kappa shape index (κ2) is 2.96. The Hall–Kier alpha value is -0.730. The quantitative estimate of drug-likeness (QED) is 0.483. The number of hydrogen-bond acceptors (Lipinski definition) is 1. The standard InChI is InChI=1S/C9H17N3/c1-2-6-5-8(6)12-9(10)11-7-3-4-7/h6-8H,2-5H2,1H3,(H3,10,11,12). The lowest BCUT2D eigenvalue weighted by atomic mass is 10.3. The van der Waals surface area contributed by atoms with Crippen molar-refractivity contribution in [3.8, 4) is 0 Å². The van der Waals surface area contributed by atoms with Gasteiger partial charge in [0.1, 0.15) is 0 Å². The van der Waals surface area contributed by atoms with Crippen molar-refractivity contribution in [1.82, 2.24) is 5.32 Å². The molecule has 0 amide bonds. The highest BCUT2D eigenvalue weighted by Crippen LogP contribution is 2.36. The van der Waals surface area contributed by atoms with Crippen LogP contribution in [0.1, 0.15) is 32.6 Å². The summed E-state index contributed by atoms with van der Waals surface area (Å²) in [4.78, 5) is 4.40. The zero-order chi connectivity index (χ0) is 8.55. The summed E-state index contributed by atoms with van der Waals surface area (Å²) < 4.78 is 0. The zero-order valence-corrected chi connectivity index (χ0v) is 7.59. The summed E-state index contributed by atoms with van der Waals surface area (Å²) in [6, 6.07) is 1.16. The van der Waals surface area contributed by atoms with E-state index in [1.807, 2.05) is 0 Å². The van der Waals surface area contributed by atoms with Gasteiger partial charge in [-0.1, -0.05) is 13.3 Å². The Morgan fingerprint density at radius 2 is 2.33 bits per heavy atom. The summed E-state index contributed by atoms with van der Waals surface area (Å²) in [6.45, 7) is 2.21. The van der Waals surface area contributed by atoms with Crippen LogP contribution in [0.15, 0.2) is 4.99 Å². The number of hydrogen-bond donors (Lipinski definition) is 2. The molecule has 2 saturated carbocycles. The minimum atomic E-state index is 0.529. The van der Waals surface area contributed by atoms with Crippen LogP contribution in [0.4, 0.5) is 0 Å². The van der Waals surface area contributed by atoms with Crippen molar-refractivity contribution in [2.45, 2.75) is 44.7 Å². The van der Waals surface area contributed by atoms with Crippen molar-refractivity contribution in [3.63, 3.8) is 0 Å². The van der Waals surface area contributed by atoms with Crippen LogP contribution in [0.2, 0.25) is 0 Å². The van der Waals surface area contributed by atoms with Crippen LogP contribution in [0.5, 0.6) is 0 Å². The fourth-order valence-corrected chi connectivity index (χ4v) is 1.48. The van der Waals surface area contributed by atoms with E-state index in [0.717, 1.165) is 5.92 Å². The van der Waals surface area contributed by atoms with E-state index < -0.39 is 0 Å². The largest absolute Gasteiger partial charge is 0.370 e. The van der Waals surface area contributed by atoms with Gasteiger partial charge in [-0.3, -0.25) is 0 Å². The molecule has 2 atom stereocenters. The van der Waals surface area contributed by atoms with Gasteiger partial charge in [0.25, 0.3) is 0 Å². The van der Waals surface area contributed by atoms with E-state index in [0.29, 0.717) is 18.0 Å². The van der Waals surface area contributed by atoms with Crippen molar-refractivity contribution in [2.75, 3.05) is 0 Å². The SMILES string of the molecule is CCC1CC1N=C(N)NC1CC1. The summed E-state index contributed by atoms with van der Waals surface area (Å²) in [6.07, 6.45) is 5.00. The van der Waals surface area contributed by atoms with E-state index in [2.05, 4.69) is 17.2 Å². The molecule has 3 N–H and O–H groups in total. The molecule has 2 unspecified atom stereocenters. The summed E-state index contributed by atoms with van der Waals surface area (Å²) in [7, 11) is 0. The van der Waals surface area contributed by atoms with E-state index in [1.54, 1.807) is 0 Å². The fourth-order valence-electron chi connectivity index (χ4n) is 1.48. The average Bonchev–Trinajstić information content (AvgIpc) is 2.85. The van der Waals surface area contributed by atoms with Crippen molar-refractivity contribution >= 4 is 5.96 Å². The zero-order valence-electron chi connectivity index (χ0n) is 7.59. The van der Waals surface area contributed by atoms with Gasteiger partial charge in [-0.2, -0.15) is 0 Å². The lowest BCUT2D eigenvalue weighted by Gasteiger charge is -2.01. The molecule has 0 saturated heterocycles. The number of nitrogens with zero attached hydrogens (tertiary/aromatic N) is 1. The molecule has 3 heteroatoms. The number of rotatable bonds is 3. The molecule has 0 aromatic heterocycles. The van der Waals surface area contributed by atoms with Crippen LogP contribution in [0, 0.1) is 5.92 Å². The molecule has 68 valence electrons. The monoisotopic (exact) mass is 167 g/mol. The third-order valence-corrected chi connectivity index (χ3v) is 2.64. The predicted molar refractivity (Wildman–Crippen MR) is 50.0 cm³/mol. The number of nitrogens with one attached hydrogen (secondary N) is 1. The summed E-state index contributed by atoms with van der Waals surface area (Å²) in [5.74, 6) is 1.48. The minimum Gasteiger partial charge on any atom is -0.370 e. The number of nitrogens with two attached hydrogens (primary N) is 1. The normalized spacial score (nSPS) is 34.9. The Morgan fingerprint density at radius 1 is 1.58 bits per heavy atom. The van der Waals surface area contributed by atoms with Crippen molar-refractivity contribution in [2.24, 2.45) is 16.6 Å². The first-order valence-electron chi connectivity index (χ1n) is 4.89. The molecule has 2 fully saturated rings. The molecule has 0 aromatic carbocycles. The molecule has 0 aromatic rings. The summed E-state index contributed by atoms with van der Waals surface area (Å²) in [5, 5.41) is 3.20. The molecule has 0 aliphatic heterocycles. The van der Waals surface area contributed by atoms with Gasteiger partial charge in [-0.25, -0.2) is 4.99 Å². The predicted octanol–water partition coefficient (Wildman–Crippen LogP) is 0.852. The highest BCUT2D eigenvalue weighted by Gasteiger charge is 2.35. The molecule has 0 heterocycles. The van der Waals surface area contributed by atoms with E-state index in [9.17, 15) is 0 Å². The molecule has 2 aliphatic rings. The van der Waals surface area contributed by atoms with Crippen molar-refractivity contribution in [1.29, 1.82) is 0 Å². The van der Waals surface area contributed by atoms with Gasteiger partial charge in [0, 0.05) is 6.04 Å². The first kappa shape index (κ1) is 7.90. The Kier molecular flexibility index (Phi) is 1.95. The minimum absolute atomic E-state index is 0.529. The molecular formula is C9H17N3. The first-order valence-corrected chi connectivity index (χ1v) is 4.89. The molecular weight excluding hydrogens is 150 g/mol. The molecule has 0 spiro atoms. The topological polar surface area (TPSA) is 50.4 Å². The second-order valence-corrected chi connectivity index (χ2v) is 3.90. The first-order chi connectivity index (χ1) is 5.79. The number of guanidine groups is 1. The van der Waals surface area contributed by atoms with E-state index in [4.69, 9.17) is 5.73 Å². The van der Waals surface area contributed by atoms with Gasteiger partial charge in [0.2, 0.25) is 0 Å². The summed E-state index contributed by atoms with van der Waals surface area (Å²) in [5.41, 5.74) is 5.71. The fraction of sp³-hybridized carbons (Fsp3) is 0.889. The van der Waals surface area contributed by atoms with Crippen LogP contribution >= 0.6 is 0 Å². The highest BCUT2D eigenvalue weighted by atomic mass is 15.1. The third kappa shape index (κ3) is 1.90. The highest BCUT2D eigenvalue weighted by molar-refractivity contribution is 5.78. The van der Waals surface area contributed by atoms with Gasteiger partial charge in [-0.15, -0.1) is 0 Å². The second-order valence-electron chi connectivity index (χ2n) is 3.90. The van der Waals surface area contributed by atoms with Gasteiger partial charge < -0.3 is 11.1 Å². The Balaban J connectivity index is 1.74. The average molecular weight is 167 g/mol. The Morgan fingerprint density at radius 3 is 2.83 bits per heavy atom. The maximum absolute atomic E-state index is 5.71. The number of aliphatic imine (C=N–C) groups is 1. The smallest absolute Gasteiger partial charge is 0.189 e. The van der Waals surface area contributed by atoms with Crippen LogP contribution in [-0.4, -0.2) is 18.0 Å². The van der Waals surface area contributed by atoms with Crippen molar-refractivity contribution < 1.29 is 0 Å². The molecule has 3 nitrogen and oxygen atoms in total. The Bertz CT molecular complexity index is 196. The van der Waals surface area contributed by atoms with Crippen molar-refractivity contribution in [3.05, 3.63) is 0 Å². The lowest BCUT2D eigenvalue weighted by Crippen LogP contribution is -2.33.